The molecular weight excluding hydrogens is 699 g/mol. The zero-order chi connectivity index (χ0) is 28.1. The zero-order valence-electron chi connectivity index (χ0n) is 24.7. The van der Waals surface area contributed by atoms with E-state index in [1.54, 1.807) is 6.20 Å². The Morgan fingerprint density at radius 1 is 0.951 bits per heavy atom. The molecule has 7 rings (SSSR count). The third-order valence-electron chi connectivity index (χ3n) is 8.16. The van der Waals surface area contributed by atoms with Crippen LogP contribution >= 0.6 is 11.8 Å². The van der Waals surface area contributed by atoms with Gasteiger partial charge in [0.2, 0.25) is 6.33 Å². The van der Waals surface area contributed by atoms with Gasteiger partial charge in [-0.05, 0) is 40.1 Å². The minimum Gasteiger partial charge on any atom is -0.340 e. The van der Waals surface area contributed by atoms with Gasteiger partial charge in [-0.15, -0.1) is 41.5 Å². The molecule has 0 atom stereocenters. The summed E-state index contributed by atoms with van der Waals surface area (Å²) in [5.41, 5.74) is 9.00. The smallest absolute Gasteiger partial charge is 0.340 e. The van der Waals surface area contributed by atoms with E-state index in [-0.39, 0.29) is 30.9 Å². The van der Waals surface area contributed by atoms with Gasteiger partial charge in [0, 0.05) is 6.20 Å². The first-order valence-electron chi connectivity index (χ1n) is 14.3. The summed E-state index contributed by atoms with van der Waals surface area (Å²) in [5, 5.41) is 0. The van der Waals surface area contributed by atoms with Gasteiger partial charge in [0.1, 0.15) is 0 Å². The molecule has 3 heterocycles. The molecule has 5 heteroatoms. The van der Waals surface area contributed by atoms with Crippen LogP contribution in [-0.4, -0.2) is 9.55 Å². The van der Waals surface area contributed by atoms with E-state index in [1.165, 1.54) is 50.5 Å². The summed E-state index contributed by atoms with van der Waals surface area (Å²) < 4.78 is 4.57. The number of rotatable bonds is 3. The second-order valence-corrected chi connectivity index (χ2v) is 13.8. The van der Waals surface area contributed by atoms with Crippen molar-refractivity contribution in [1.29, 1.82) is 0 Å². The third kappa shape index (κ3) is 5.69. The molecule has 3 aromatic carbocycles. The molecule has 1 aliphatic heterocycles. The summed E-state index contributed by atoms with van der Waals surface area (Å²) in [7, 11) is 0. The first-order chi connectivity index (χ1) is 19.1. The van der Waals surface area contributed by atoms with Crippen molar-refractivity contribution in [1.82, 2.24) is 9.55 Å². The van der Waals surface area contributed by atoms with E-state index in [4.69, 9.17) is 0 Å². The molecule has 41 heavy (non-hydrogen) atoms. The Labute approximate surface area is 262 Å². The minimum absolute atomic E-state index is 0. The fourth-order valence-corrected chi connectivity index (χ4v) is 6.93. The molecule has 0 unspecified atom stereocenters. The number of hydrogen-bond acceptors (Lipinski definition) is 2. The second kappa shape index (κ2) is 11.5. The number of hydrogen-bond donors (Lipinski definition) is 0. The molecule has 0 radical (unpaired) electrons. The normalized spacial score (nSPS) is 15.8. The van der Waals surface area contributed by atoms with Gasteiger partial charge < -0.3 is 14.1 Å². The van der Waals surface area contributed by atoms with Crippen LogP contribution in [0.1, 0.15) is 65.5 Å². The van der Waals surface area contributed by atoms with Gasteiger partial charge in [0.15, 0.2) is 0 Å². The Morgan fingerprint density at radius 3 is 2.44 bits per heavy atom. The molecule has 0 saturated carbocycles. The van der Waals surface area contributed by atoms with Crippen molar-refractivity contribution >= 4 is 22.8 Å². The molecule has 0 N–H and O–H groups in total. The van der Waals surface area contributed by atoms with Gasteiger partial charge in [0.25, 0.3) is 0 Å². The van der Waals surface area contributed by atoms with Gasteiger partial charge in [-0.1, -0.05) is 88.6 Å². The van der Waals surface area contributed by atoms with Crippen LogP contribution in [0.2, 0.25) is 0 Å². The van der Waals surface area contributed by atoms with E-state index in [2.05, 4.69) is 98.4 Å². The van der Waals surface area contributed by atoms with Crippen LogP contribution in [0.15, 0.2) is 82.7 Å². The maximum Gasteiger partial charge on any atom is 3.00 e. The summed E-state index contributed by atoms with van der Waals surface area (Å²) in [5.74, 6) is 0.587. The first-order valence-corrected chi connectivity index (χ1v) is 15.1. The topological polar surface area (TPSA) is 21.7 Å². The summed E-state index contributed by atoms with van der Waals surface area (Å²) in [6, 6.07) is 29.8. The van der Waals surface area contributed by atoms with Gasteiger partial charge in [-0.3, -0.25) is 0 Å². The standard InChI is InChI=1S/C25H29N2S.C11H8N.Ir/c1-16(2)14-26-15-27-20-12-17-18(25(5,6)11-10-24(17,3)4)13-22(20)28-21-9-7-8-19(26)23(21)27;1-2-6-10(7-3-1)11-8-4-5-9-12-11;/h7-9,13,16H,10-11,14H2,1-6H3;1-6,8-9H;/q2*-1;+3. The summed E-state index contributed by atoms with van der Waals surface area (Å²) in [6.45, 7) is 15.0. The molecule has 5 aromatic rings. The van der Waals surface area contributed by atoms with Crippen molar-refractivity contribution in [2.75, 3.05) is 0 Å². The molecule has 0 fully saturated rings. The van der Waals surface area contributed by atoms with Gasteiger partial charge >= 0.3 is 20.1 Å². The predicted octanol–water partition coefficient (Wildman–Crippen LogP) is 8.53. The Kier molecular flexibility index (Phi) is 8.36. The van der Waals surface area contributed by atoms with E-state index in [0.717, 1.165) is 17.8 Å². The van der Waals surface area contributed by atoms with Crippen LogP contribution in [0.5, 0.6) is 0 Å². The maximum atomic E-state index is 4.22. The van der Waals surface area contributed by atoms with Crippen molar-refractivity contribution in [3.63, 3.8) is 0 Å². The maximum absolute atomic E-state index is 4.22. The van der Waals surface area contributed by atoms with Crippen molar-refractivity contribution in [2.24, 2.45) is 5.92 Å². The van der Waals surface area contributed by atoms with Crippen LogP contribution in [-0.2, 0) is 37.5 Å². The summed E-state index contributed by atoms with van der Waals surface area (Å²) in [4.78, 5) is 6.85. The fraction of sp³-hybridized carbons (Fsp3) is 0.333. The van der Waals surface area contributed by atoms with E-state index in [1.807, 2.05) is 54.2 Å². The van der Waals surface area contributed by atoms with E-state index < -0.39 is 0 Å². The van der Waals surface area contributed by atoms with Crippen LogP contribution in [0.3, 0.4) is 0 Å². The van der Waals surface area contributed by atoms with Crippen molar-refractivity contribution in [3.05, 3.63) is 103 Å². The molecule has 2 aliphatic rings. The Bertz CT molecular complexity index is 1630. The monoisotopic (exact) mass is 736 g/mol. The average molecular weight is 736 g/mol. The molecule has 0 spiro atoms. The van der Waals surface area contributed by atoms with E-state index >= 15 is 0 Å². The summed E-state index contributed by atoms with van der Waals surface area (Å²) >= 11 is 1.90. The number of imidazole rings is 1. The van der Waals surface area contributed by atoms with Crippen molar-refractivity contribution in [3.8, 4) is 16.9 Å². The van der Waals surface area contributed by atoms with Crippen LogP contribution in [0, 0.1) is 24.4 Å². The van der Waals surface area contributed by atoms with E-state index in [0.29, 0.717) is 5.92 Å². The van der Waals surface area contributed by atoms with Crippen LogP contribution in [0.25, 0.3) is 28.0 Å². The van der Waals surface area contributed by atoms with Gasteiger partial charge in [-0.25, -0.2) is 0 Å². The predicted molar refractivity (Wildman–Crippen MR) is 164 cm³/mol. The molecule has 2 aromatic heterocycles. The second-order valence-electron chi connectivity index (χ2n) is 12.7. The molecule has 3 nitrogen and oxygen atoms in total. The average Bonchev–Trinajstić information content (AvgIpc) is 3.31. The number of fused-ring (bicyclic) bond motifs is 3. The fourth-order valence-electron chi connectivity index (χ4n) is 5.83. The molecule has 210 valence electrons. The number of pyridine rings is 1. The Hall–Kier alpha value is -2.72. The Morgan fingerprint density at radius 2 is 1.73 bits per heavy atom. The molecular formula is C36H37IrN3S+. The van der Waals surface area contributed by atoms with E-state index in [9.17, 15) is 0 Å². The number of para-hydroxylation sites is 1. The number of benzene rings is 3. The van der Waals surface area contributed by atoms with Gasteiger partial charge in [-0.2, -0.15) is 29.5 Å². The minimum atomic E-state index is 0. The van der Waals surface area contributed by atoms with Crippen molar-refractivity contribution < 1.29 is 24.7 Å². The Balaban J connectivity index is 0.000000218. The number of nitrogens with zero attached hydrogens (tertiary/aromatic N) is 3. The third-order valence-corrected chi connectivity index (χ3v) is 9.24. The van der Waals surface area contributed by atoms with Crippen LogP contribution < -0.4 is 4.57 Å². The quantitative estimate of drug-likeness (QED) is 0.134. The SMILES string of the molecule is CC(C)Cn1[c-][n+]2c3c(cccc31)Sc1cc3c([c-]c1-2)C(C)(C)CCC3(C)C.[Ir+3].[c-]1ccccc1-c1ccccn1. The molecule has 0 bridgehead atoms. The molecule has 0 amide bonds. The molecule has 1 aliphatic carbocycles. The van der Waals surface area contributed by atoms with Crippen LogP contribution in [0.4, 0.5) is 0 Å². The number of aromatic nitrogens is 3. The molecule has 0 saturated heterocycles. The summed E-state index contributed by atoms with van der Waals surface area (Å²) in [6.07, 6.45) is 7.89. The largest absolute Gasteiger partial charge is 3.00 e. The zero-order valence-corrected chi connectivity index (χ0v) is 27.9. The van der Waals surface area contributed by atoms with Gasteiger partial charge in [0.05, 0.1) is 17.6 Å². The van der Waals surface area contributed by atoms with Crippen molar-refractivity contribution in [2.45, 2.75) is 81.5 Å². The first kappa shape index (κ1) is 29.8.